The Morgan fingerprint density at radius 1 is 1.42 bits per heavy atom. The van der Waals surface area contributed by atoms with E-state index >= 15 is 0 Å². The van der Waals surface area contributed by atoms with E-state index in [1.165, 1.54) is 0 Å². The van der Waals surface area contributed by atoms with E-state index in [-0.39, 0.29) is 5.56 Å². The number of anilines is 2. The molecule has 1 N–H and O–H groups in total. The third-order valence-electron chi connectivity index (χ3n) is 2.72. The van der Waals surface area contributed by atoms with Gasteiger partial charge in [-0.1, -0.05) is 19.1 Å². The van der Waals surface area contributed by atoms with Crippen LogP contribution in [0.5, 0.6) is 0 Å². The first kappa shape index (κ1) is 13.6. The van der Waals surface area contributed by atoms with Crippen molar-refractivity contribution in [1.82, 2.24) is 9.55 Å². The second kappa shape index (κ2) is 6.38. The Morgan fingerprint density at radius 3 is 3.00 bits per heavy atom. The van der Waals surface area contributed by atoms with Gasteiger partial charge in [-0.25, -0.2) is 4.98 Å². The zero-order valence-electron chi connectivity index (χ0n) is 10.8. The minimum atomic E-state index is -0.111. The van der Waals surface area contributed by atoms with Gasteiger partial charge in [0.05, 0.1) is 0 Å². The zero-order chi connectivity index (χ0) is 13.7. The predicted octanol–water partition coefficient (Wildman–Crippen LogP) is 3.14. The van der Waals surface area contributed by atoms with Crippen LogP contribution in [0.1, 0.15) is 18.9 Å². The number of hydrogen-bond acceptors (Lipinski definition) is 3. The highest BCUT2D eigenvalue weighted by Crippen LogP contribution is 2.15. The molecule has 1 aromatic carbocycles. The van der Waals surface area contributed by atoms with Crippen molar-refractivity contribution in [1.29, 1.82) is 0 Å². The highest BCUT2D eigenvalue weighted by atomic mass is 35.5. The molecule has 0 aliphatic heterocycles. The lowest BCUT2D eigenvalue weighted by atomic mass is 10.2. The van der Waals surface area contributed by atoms with Crippen LogP contribution >= 0.6 is 11.6 Å². The van der Waals surface area contributed by atoms with Crippen LogP contribution in [0.3, 0.4) is 0 Å². The van der Waals surface area contributed by atoms with Gasteiger partial charge >= 0.3 is 0 Å². The van der Waals surface area contributed by atoms with Gasteiger partial charge in [-0.3, -0.25) is 4.79 Å². The van der Waals surface area contributed by atoms with Crippen LogP contribution in [0.15, 0.2) is 41.5 Å². The van der Waals surface area contributed by atoms with Crippen LogP contribution < -0.4 is 10.9 Å². The molecule has 5 heteroatoms. The average Bonchev–Trinajstić information content (AvgIpc) is 2.44. The Labute approximate surface area is 117 Å². The summed E-state index contributed by atoms with van der Waals surface area (Å²) in [6.45, 7) is 2.72. The van der Waals surface area contributed by atoms with Gasteiger partial charge in [0.15, 0.2) is 5.82 Å². The van der Waals surface area contributed by atoms with Crippen molar-refractivity contribution in [2.75, 3.05) is 5.32 Å². The third-order valence-corrected chi connectivity index (χ3v) is 3.03. The largest absolute Gasteiger partial charge is 0.336 e. The SMILES string of the molecule is CCCn1ccnc(Nc2cccc(CCl)c2)c1=O. The van der Waals surface area contributed by atoms with E-state index in [1.54, 1.807) is 17.0 Å². The van der Waals surface area contributed by atoms with E-state index in [0.29, 0.717) is 18.2 Å². The molecule has 100 valence electrons. The van der Waals surface area contributed by atoms with Gasteiger partial charge in [0.25, 0.3) is 5.56 Å². The van der Waals surface area contributed by atoms with Gasteiger partial charge in [-0.05, 0) is 24.1 Å². The Bertz CT molecular complexity index is 610. The molecule has 0 saturated heterocycles. The zero-order valence-corrected chi connectivity index (χ0v) is 11.5. The van der Waals surface area contributed by atoms with Gasteiger partial charge in [-0.15, -0.1) is 11.6 Å². The highest BCUT2D eigenvalue weighted by Gasteiger charge is 2.04. The number of alkyl halides is 1. The van der Waals surface area contributed by atoms with Crippen molar-refractivity contribution in [2.45, 2.75) is 25.8 Å². The summed E-state index contributed by atoms with van der Waals surface area (Å²) in [6, 6.07) is 7.62. The molecule has 0 amide bonds. The van der Waals surface area contributed by atoms with E-state index in [0.717, 1.165) is 17.7 Å². The maximum atomic E-state index is 12.1. The lowest BCUT2D eigenvalue weighted by molar-refractivity contribution is 0.650. The summed E-state index contributed by atoms with van der Waals surface area (Å²) in [7, 11) is 0. The molecule has 4 nitrogen and oxygen atoms in total. The number of benzene rings is 1. The van der Waals surface area contributed by atoms with Crippen molar-refractivity contribution in [3.8, 4) is 0 Å². The first-order chi connectivity index (χ1) is 9.24. The molecule has 0 aliphatic rings. The molecule has 0 atom stereocenters. The first-order valence-corrected chi connectivity index (χ1v) is 6.75. The normalized spacial score (nSPS) is 10.4. The van der Waals surface area contributed by atoms with Crippen LogP contribution in [0, 0.1) is 0 Å². The molecule has 1 heterocycles. The lowest BCUT2D eigenvalue weighted by Crippen LogP contribution is -2.23. The maximum absolute atomic E-state index is 12.1. The Hall–Kier alpha value is -1.81. The summed E-state index contributed by atoms with van der Waals surface area (Å²) < 4.78 is 1.65. The van der Waals surface area contributed by atoms with E-state index < -0.39 is 0 Å². The molecule has 2 rings (SSSR count). The fraction of sp³-hybridized carbons (Fsp3) is 0.286. The molecule has 0 unspecified atom stereocenters. The molecule has 0 fully saturated rings. The molecule has 0 saturated carbocycles. The number of aromatic nitrogens is 2. The fourth-order valence-corrected chi connectivity index (χ4v) is 1.99. The number of halogens is 1. The molecule has 0 spiro atoms. The second-order valence-electron chi connectivity index (χ2n) is 4.23. The molecule has 1 aromatic heterocycles. The number of nitrogens with zero attached hydrogens (tertiary/aromatic N) is 2. The molecule has 0 aliphatic carbocycles. The third kappa shape index (κ3) is 3.35. The van der Waals surface area contributed by atoms with Crippen molar-refractivity contribution in [3.63, 3.8) is 0 Å². The van der Waals surface area contributed by atoms with Crippen LogP contribution in [-0.2, 0) is 12.4 Å². The summed E-state index contributed by atoms with van der Waals surface area (Å²) in [5.74, 6) is 0.778. The van der Waals surface area contributed by atoms with Gasteiger partial charge in [0.1, 0.15) is 0 Å². The van der Waals surface area contributed by atoms with Crippen LogP contribution in [0.25, 0.3) is 0 Å². The highest BCUT2D eigenvalue weighted by molar-refractivity contribution is 6.17. The average molecular weight is 278 g/mol. The quantitative estimate of drug-likeness (QED) is 0.854. The van der Waals surface area contributed by atoms with Crippen LogP contribution in [0.4, 0.5) is 11.5 Å². The van der Waals surface area contributed by atoms with Crippen LogP contribution in [0.2, 0.25) is 0 Å². The first-order valence-electron chi connectivity index (χ1n) is 6.22. The molecular formula is C14H16ClN3O. The van der Waals surface area contributed by atoms with E-state index in [1.807, 2.05) is 31.2 Å². The summed E-state index contributed by atoms with van der Waals surface area (Å²) in [4.78, 5) is 16.2. The molecule has 19 heavy (non-hydrogen) atoms. The maximum Gasteiger partial charge on any atom is 0.293 e. The Kier molecular flexibility index (Phi) is 4.58. The Balaban J connectivity index is 2.27. The number of hydrogen-bond donors (Lipinski definition) is 1. The summed E-state index contributed by atoms with van der Waals surface area (Å²) in [5, 5.41) is 3.04. The molecule has 2 aromatic rings. The van der Waals surface area contributed by atoms with E-state index in [2.05, 4.69) is 10.3 Å². The number of rotatable bonds is 5. The standard InChI is InChI=1S/C14H16ClN3O/c1-2-7-18-8-6-16-13(14(18)19)17-12-5-3-4-11(9-12)10-15/h3-6,8-9H,2,7,10H2,1H3,(H,16,17). The minimum Gasteiger partial charge on any atom is -0.336 e. The van der Waals surface area contributed by atoms with Gasteiger partial charge < -0.3 is 9.88 Å². The summed E-state index contributed by atoms with van der Waals surface area (Å²) >= 11 is 5.79. The number of nitrogens with one attached hydrogen (secondary N) is 1. The topological polar surface area (TPSA) is 46.9 Å². The molecular weight excluding hydrogens is 262 g/mol. The fourth-order valence-electron chi connectivity index (χ4n) is 1.82. The second-order valence-corrected chi connectivity index (χ2v) is 4.50. The minimum absolute atomic E-state index is 0.111. The van der Waals surface area contributed by atoms with Crippen molar-refractivity contribution < 1.29 is 0 Å². The molecule has 0 radical (unpaired) electrons. The number of aryl methyl sites for hydroxylation is 1. The molecule has 0 bridgehead atoms. The van der Waals surface area contributed by atoms with E-state index in [9.17, 15) is 4.79 Å². The van der Waals surface area contributed by atoms with Crippen LogP contribution in [-0.4, -0.2) is 9.55 Å². The van der Waals surface area contributed by atoms with E-state index in [4.69, 9.17) is 11.6 Å². The smallest absolute Gasteiger partial charge is 0.293 e. The van der Waals surface area contributed by atoms with Gasteiger partial charge in [0, 0.05) is 30.5 Å². The predicted molar refractivity (Wildman–Crippen MR) is 78.1 cm³/mol. The van der Waals surface area contributed by atoms with Crippen molar-refractivity contribution in [3.05, 3.63) is 52.6 Å². The summed E-state index contributed by atoms with van der Waals surface area (Å²) in [6.07, 6.45) is 4.24. The van der Waals surface area contributed by atoms with Crippen molar-refractivity contribution in [2.24, 2.45) is 0 Å². The lowest BCUT2D eigenvalue weighted by Gasteiger charge is -2.08. The van der Waals surface area contributed by atoms with Crippen molar-refractivity contribution >= 4 is 23.1 Å². The summed E-state index contributed by atoms with van der Waals surface area (Å²) in [5.41, 5.74) is 1.70. The van der Waals surface area contributed by atoms with Gasteiger partial charge in [0.2, 0.25) is 0 Å². The Morgan fingerprint density at radius 2 is 2.26 bits per heavy atom. The monoisotopic (exact) mass is 277 g/mol. The van der Waals surface area contributed by atoms with Gasteiger partial charge in [-0.2, -0.15) is 0 Å².